The molecule has 3 aromatic carbocycles. The summed E-state index contributed by atoms with van der Waals surface area (Å²) in [4.78, 5) is 15.1. The lowest BCUT2D eigenvalue weighted by molar-refractivity contribution is -0.169. The number of carbonyl (C=O) groups is 1. The lowest BCUT2D eigenvalue weighted by Gasteiger charge is -2.50. The van der Waals surface area contributed by atoms with Gasteiger partial charge in [-0.05, 0) is 16.7 Å². The Kier molecular flexibility index (Phi) is 5.03. The van der Waals surface area contributed by atoms with Gasteiger partial charge in [-0.3, -0.25) is 4.79 Å². The van der Waals surface area contributed by atoms with Crippen LogP contribution in [-0.4, -0.2) is 17.9 Å². The predicted molar refractivity (Wildman–Crippen MR) is 106 cm³/mol. The number of hydrogen-bond donors (Lipinski definition) is 0. The second-order valence-electron chi connectivity index (χ2n) is 6.90. The van der Waals surface area contributed by atoms with Crippen LogP contribution in [0.1, 0.15) is 28.8 Å². The van der Waals surface area contributed by atoms with Gasteiger partial charge in [-0.25, -0.2) is 0 Å². The van der Waals surface area contributed by atoms with Crippen molar-refractivity contribution in [1.82, 2.24) is 4.90 Å². The van der Waals surface area contributed by atoms with E-state index in [4.69, 9.17) is 4.74 Å². The number of β-lactam (4-membered cyclic amide) rings is 1. The number of hydrogen-bond acceptors (Lipinski definition) is 2. The number of benzene rings is 3. The largest absolute Gasteiger partial charge is 0.376 e. The molecule has 1 heterocycles. The van der Waals surface area contributed by atoms with E-state index >= 15 is 0 Å². The Hall–Kier alpha value is -2.91. The van der Waals surface area contributed by atoms with E-state index in [-0.39, 0.29) is 24.0 Å². The van der Waals surface area contributed by atoms with Crippen molar-refractivity contribution in [2.24, 2.45) is 5.92 Å². The summed E-state index contributed by atoms with van der Waals surface area (Å²) >= 11 is 0. The molecule has 4 rings (SSSR count). The van der Waals surface area contributed by atoms with Gasteiger partial charge in [0.2, 0.25) is 5.91 Å². The van der Waals surface area contributed by atoms with Gasteiger partial charge in [-0.15, -0.1) is 0 Å². The van der Waals surface area contributed by atoms with E-state index in [1.807, 2.05) is 71.6 Å². The molecule has 0 bridgehead atoms. The molecule has 3 aromatic rings. The van der Waals surface area contributed by atoms with Gasteiger partial charge in [0.15, 0.2) is 0 Å². The standard InChI is InChI=1S/C24H23NO2/c1-27-23(20-15-9-4-10-16-20)21-22(19-13-7-3-8-14-19)25(24(21)26)17-18-11-5-2-6-12-18/h2-16,21-23H,17H2,1H3/t21-,22+,23?/m0/s1. The van der Waals surface area contributed by atoms with Crippen molar-refractivity contribution in [3.8, 4) is 0 Å². The van der Waals surface area contributed by atoms with E-state index in [2.05, 4.69) is 24.3 Å². The number of likely N-dealkylation sites (tertiary alicyclic amines) is 1. The monoisotopic (exact) mass is 357 g/mol. The van der Waals surface area contributed by atoms with Gasteiger partial charge in [0.25, 0.3) is 0 Å². The van der Waals surface area contributed by atoms with Crippen LogP contribution in [-0.2, 0) is 16.1 Å². The fourth-order valence-electron chi connectivity index (χ4n) is 4.00. The summed E-state index contributed by atoms with van der Waals surface area (Å²) in [5, 5.41) is 0. The maximum Gasteiger partial charge on any atom is 0.231 e. The second kappa shape index (κ2) is 7.77. The van der Waals surface area contributed by atoms with Gasteiger partial charge in [0.05, 0.1) is 18.1 Å². The average molecular weight is 357 g/mol. The zero-order chi connectivity index (χ0) is 18.6. The first-order valence-electron chi connectivity index (χ1n) is 9.26. The summed E-state index contributed by atoms with van der Waals surface area (Å²) in [6, 6.07) is 30.4. The Morgan fingerprint density at radius 3 is 2.00 bits per heavy atom. The van der Waals surface area contributed by atoms with Gasteiger partial charge in [-0.2, -0.15) is 0 Å². The lowest BCUT2D eigenvalue weighted by atomic mass is 9.76. The summed E-state index contributed by atoms with van der Waals surface area (Å²) in [7, 11) is 1.69. The first-order chi connectivity index (χ1) is 13.3. The quantitative estimate of drug-likeness (QED) is 0.595. The minimum absolute atomic E-state index is 0.00376. The summed E-state index contributed by atoms with van der Waals surface area (Å²) in [6.45, 7) is 0.612. The van der Waals surface area contributed by atoms with E-state index in [1.165, 1.54) is 0 Å². The molecule has 1 fully saturated rings. The number of rotatable bonds is 6. The fourth-order valence-corrected chi connectivity index (χ4v) is 4.00. The van der Waals surface area contributed by atoms with Gasteiger partial charge < -0.3 is 9.64 Å². The number of ether oxygens (including phenoxy) is 1. The third-order valence-corrected chi connectivity index (χ3v) is 5.29. The highest BCUT2D eigenvalue weighted by Gasteiger charge is 2.52. The minimum atomic E-state index is -0.254. The van der Waals surface area contributed by atoms with Crippen molar-refractivity contribution in [2.75, 3.05) is 7.11 Å². The molecule has 0 aromatic heterocycles. The van der Waals surface area contributed by atoms with Crippen molar-refractivity contribution in [3.05, 3.63) is 108 Å². The molecule has 0 aliphatic carbocycles. The third kappa shape index (κ3) is 3.38. The normalized spacial score (nSPS) is 20.2. The maximum absolute atomic E-state index is 13.2. The maximum atomic E-state index is 13.2. The van der Waals surface area contributed by atoms with E-state index in [0.29, 0.717) is 6.54 Å². The molecule has 136 valence electrons. The average Bonchev–Trinajstić information content (AvgIpc) is 2.74. The molecule has 0 N–H and O–H groups in total. The Labute approximate surface area is 160 Å². The van der Waals surface area contributed by atoms with Gasteiger partial charge in [0, 0.05) is 13.7 Å². The van der Waals surface area contributed by atoms with Crippen LogP contribution in [0.25, 0.3) is 0 Å². The molecule has 3 heteroatoms. The zero-order valence-electron chi connectivity index (χ0n) is 15.4. The molecule has 0 spiro atoms. The van der Waals surface area contributed by atoms with Crippen molar-refractivity contribution in [3.63, 3.8) is 0 Å². The molecule has 0 radical (unpaired) electrons. The summed E-state index contributed by atoms with van der Waals surface area (Å²) in [6.07, 6.45) is -0.254. The molecule has 27 heavy (non-hydrogen) atoms. The molecular weight excluding hydrogens is 334 g/mol. The number of methoxy groups -OCH3 is 1. The van der Waals surface area contributed by atoms with Crippen LogP contribution in [0.2, 0.25) is 0 Å². The minimum Gasteiger partial charge on any atom is -0.376 e. The Morgan fingerprint density at radius 1 is 0.852 bits per heavy atom. The molecule has 1 aliphatic heterocycles. The molecular formula is C24H23NO2. The van der Waals surface area contributed by atoms with E-state index in [1.54, 1.807) is 7.11 Å². The molecule has 1 saturated heterocycles. The fraction of sp³-hybridized carbons (Fsp3) is 0.208. The topological polar surface area (TPSA) is 29.5 Å². The molecule has 0 saturated carbocycles. The van der Waals surface area contributed by atoms with Crippen LogP contribution in [0.15, 0.2) is 91.0 Å². The molecule has 1 unspecified atom stereocenters. The first kappa shape index (κ1) is 17.5. The SMILES string of the molecule is COC(c1ccccc1)[C@H]1C(=O)N(Cc2ccccc2)[C@@H]1c1ccccc1. The zero-order valence-corrected chi connectivity index (χ0v) is 15.4. The molecule has 3 nitrogen and oxygen atoms in total. The van der Waals surface area contributed by atoms with Crippen LogP contribution < -0.4 is 0 Å². The van der Waals surface area contributed by atoms with Crippen LogP contribution in [0.4, 0.5) is 0 Å². The van der Waals surface area contributed by atoms with Gasteiger partial charge in [0.1, 0.15) is 0 Å². The molecule has 1 aliphatic rings. The Morgan fingerprint density at radius 2 is 1.41 bits per heavy atom. The van der Waals surface area contributed by atoms with Gasteiger partial charge >= 0.3 is 0 Å². The van der Waals surface area contributed by atoms with E-state index in [0.717, 1.165) is 16.7 Å². The Bertz CT molecular complexity index is 880. The predicted octanol–water partition coefficient (Wildman–Crippen LogP) is 4.77. The summed E-state index contributed by atoms with van der Waals surface area (Å²) in [5.41, 5.74) is 3.33. The highest BCUT2D eigenvalue weighted by Crippen LogP contribution is 2.48. The van der Waals surface area contributed by atoms with Crippen LogP contribution in [0, 0.1) is 5.92 Å². The van der Waals surface area contributed by atoms with Crippen molar-refractivity contribution < 1.29 is 9.53 Å². The van der Waals surface area contributed by atoms with Crippen molar-refractivity contribution in [2.45, 2.75) is 18.7 Å². The summed E-state index contributed by atoms with van der Waals surface area (Å²) < 4.78 is 5.81. The van der Waals surface area contributed by atoms with Crippen LogP contribution in [0.5, 0.6) is 0 Å². The highest BCUT2D eigenvalue weighted by molar-refractivity contribution is 5.87. The van der Waals surface area contributed by atoms with Crippen LogP contribution in [0.3, 0.4) is 0 Å². The second-order valence-corrected chi connectivity index (χ2v) is 6.90. The first-order valence-corrected chi connectivity index (χ1v) is 9.26. The third-order valence-electron chi connectivity index (χ3n) is 5.29. The summed E-state index contributed by atoms with van der Waals surface area (Å²) in [5.74, 6) is -0.0769. The Balaban J connectivity index is 1.67. The number of nitrogens with zero attached hydrogens (tertiary/aromatic N) is 1. The highest BCUT2D eigenvalue weighted by atomic mass is 16.5. The smallest absolute Gasteiger partial charge is 0.231 e. The molecule has 1 amide bonds. The van der Waals surface area contributed by atoms with Crippen molar-refractivity contribution in [1.29, 1.82) is 0 Å². The van der Waals surface area contributed by atoms with E-state index < -0.39 is 0 Å². The molecule has 3 atom stereocenters. The van der Waals surface area contributed by atoms with Gasteiger partial charge in [-0.1, -0.05) is 91.0 Å². The van der Waals surface area contributed by atoms with Crippen LogP contribution >= 0.6 is 0 Å². The van der Waals surface area contributed by atoms with Crippen molar-refractivity contribution >= 4 is 5.91 Å². The van der Waals surface area contributed by atoms with E-state index in [9.17, 15) is 4.79 Å². The number of carbonyl (C=O) groups excluding carboxylic acids is 1. The lowest BCUT2D eigenvalue weighted by Crippen LogP contribution is -2.56. The number of amides is 1.